The normalized spacial score (nSPS) is 19.2. The van der Waals surface area contributed by atoms with Crippen molar-refractivity contribution < 1.29 is 27.9 Å². The van der Waals surface area contributed by atoms with Crippen molar-refractivity contribution in [3.63, 3.8) is 0 Å². The minimum Gasteiger partial charge on any atom is -0.391 e. The molecule has 38 heavy (non-hydrogen) atoms. The van der Waals surface area contributed by atoms with E-state index < -0.39 is 35.0 Å². The summed E-state index contributed by atoms with van der Waals surface area (Å²) in [5, 5.41) is 13.0. The molecule has 3 aromatic carbocycles. The maximum Gasteiger partial charge on any atom is 0.312 e. The van der Waals surface area contributed by atoms with Crippen molar-refractivity contribution in [2.24, 2.45) is 5.73 Å². The van der Waals surface area contributed by atoms with Crippen LogP contribution < -0.4 is 11.1 Å². The summed E-state index contributed by atoms with van der Waals surface area (Å²) in [5.41, 5.74) is 6.85. The Hall–Kier alpha value is -3.85. The molecule has 0 aromatic heterocycles. The lowest BCUT2D eigenvalue weighted by Gasteiger charge is -2.44. The van der Waals surface area contributed by atoms with Gasteiger partial charge in [0.15, 0.2) is 0 Å². The highest BCUT2D eigenvalue weighted by molar-refractivity contribution is 5.79. The second-order valence-corrected chi connectivity index (χ2v) is 9.83. The Morgan fingerprint density at radius 2 is 1.71 bits per heavy atom. The molecule has 6 nitrogen and oxygen atoms in total. The maximum atomic E-state index is 14.2. The second kappa shape index (κ2) is 11.3. The van der Waals surface area contributed by atoms with Crippen LogP contribution in [0, 0.1) is 17.5 Å². The number of piperidine rings is 1. The number of carbonyl (C=O) groups excluding carboxylic acids is 2. The van der Waals surface area contributed by atoms with Gasteiger partial charge in [0, 0.05) is 36.6 Å². The van der Waals surface area contributed by atoms with E-state index in [9.17, 15) is 27.9 Å². The van der Waals surface area contributed by atoms with Gasteiger partial charge in [0.1, 0.15) is 17.5 Å². The number of aliphatic hydroxyl groups is 1. The summed E-state index contributed by atoms with van der Waals surface area (Å²) in [7, 11) is 0. The van der Waals surface area contributed by atoms with Gasteiger partial charge in [-0.3, -0.25) is 4.79 Å². The van der Waals surface area contributed by atoms with E-state index in [-0.39, 0.29) is 36.9 Å². The van der Waals surface area contributed by atoms with Gasteiger partial charge < -0.3 is 21.1 Å². The molecule has 0 saturated carbocycles. The van der Waals surface area contributed by atoms with Crippen LogP contribution in [0.25, 0.3) is 11.1 Å². The molecule has 1 fully saturated rings. The van der Waals surface area contributed by atoms with Crippen LogP contribution in [0.15, 0.2) is 66.7 Å². The highest BCUT2D eigenvalue weighted by Gasteiger charge is 2.43. The smallest absolute Gasteiger partial charge is 0.312 e. The largest absolute Gasteiger partial charge is 0.391 e. The van der Waals surface area contributed by atoms with Gasteiger partial charge in [-0.15, -0.1) is 0 Å². The van der Waals surface area contributed by atoms with E-state index in [4.69, 9.17) is 5.73 Å². The fourth-order valence-corrected chi connectivity index (χ4v) is 5.28. The number of hydrogen-bond acceptors (Lipinski definition) is 3. The van der Waals surface area contributed by atoms with Crippen LogP contribution in [0.3, 0.4) is 0 Å². The molecule has 200 valence electrons. The molecular formula is C29H30F3N3O3. The minimum atomic E-state index is -0.955. The van der Waals surface area contributed by atoms with Gasteiger partial charge in [-0.2, -0.15) is 0 Å². The summed E-state index contributed by atoms with van der Waals surface area (Å²) >= 11 is 0. The Labute approximate surface area is 219 Å². The summed E-state index contributed by atoms with van der Waals surface area (Å²) < 4.78 is 41.1. The predicted molar refractivity (Wildman–Crippen MR) is 137 cm³/mol. The number of aliphatic hydroxyl groups excluding tert-OH is 1. The highest BCUT2D eigenvalue weighted by Crippen LogP contribution is 2.42. The maximum absolute atomic E-state index is 14.2. The molecule has 1 aliphatic rings. The number of likely N-dealkylation sites (tertiary alicyclic amines) is 1. The number of nitrogens with two attached hydrogens (primary N) is 1. The van der Waals surface area contributed by atoms with Gasteiger partial charge in [0.25, 0.3) is 0 Å². The first kappa shape index (κ1) is 27.2. The topological polar surface area (TPSA) is 95.7 Å². The number of nitrogens with zero attached hydrogens (tertiary/aromatic N) is 1. The van der Waals surface area contributed by atoms with Gasteiger partial charge in [-0.1, -0.05) is 36.4 Å². The SMILES string of the molecule is C[C@@H](c1ccc(-c2ccc(F)cc2F)cc1)N1CCC(CC(O)CNC(N)=O)(c2ccc(F)cc2)CC1=O. The second-order valence-electron chi connectivity index (χ2n) is 9.83. The zero-order valence-electron chi connectivity index (χ0n) is 21.0. The summed E-state index contributed by atoms with van der Waals surface area (Å²) in [5.74, 6) is -1.83. The molecule has 9 heteroatoms. The first-order chi connectivity index (χ1) is 18.1. The molecule has 1 heterocycles. The molecular weight excluding hydrogens is 495 g/mol. The Bertz CT molecular complexity index is 1300. The fraction of sp³-hybridized carbons (Fsp3) is 0.310. The zero-order chi connectivity index (χ0) is 27.4. The third-order valence-electron chi connectivity index (χ3n) is 7.34. The molecule has 4 rings (SSSR count). The standard InChI is InChI=1S/C29H30F3N3O3/c1-18(19-2-4-20(5-3-19)25-11-10-23(31)14-26(25)32)35-13-12-29(16-27(35)37,15-24(36)17-34-28(33)38)21-6-8-22(30)9-7-21/h2-11,14,18,24,36H,12-13,15-17H2,1H3,(H3,33,34,38)/t18-,24?,29?/m0/s1. The summed E-state index contributed by atoms with van der Waals surface area (Å²) in [6.45, 7) is 2.23. The molecule has 1 aliphatic heterocycles. The number of carbonyl (C=O) groups is 2. The average Bonchev–Trinajstić information content (AvgIpc) is 2.88. The van der Waals surface area contributed by atoms with E-state index >= 15 is 0 Å². The van der Waals surface area contributed by atoms with Crippen molar-refractivity contribution in [3.8, 4) is 11.1 Å². The van der Waals surface area contributed by atoms with Gasteiger partial charge in [0.2, 0.25) is 5.91 Å². The fourth-order valence-electron chi connectivity index (χ4n) is 5.28. The number of rotatable bonds is 8. The Morgan fingerprint density at radius 3 is 2.32 bits per heavy atom. The van der Waals surface area contributed by atoms with Gasteiger partial charge in [0.05, 0.1) is 12.1 Å². The molecule has 3 aromatic rings. The third kappa shape index (κ3) is 5.99. The quantitative estimate of drug-likeness (QED) is 0.394. The lowest BCUT2D eigenvalue weighted by atomic mass is 9.68. The molecule has 3 atom stereocenters. The van der Waals surface area contributed by atoms with Gasteiger partial charge in [-0.05, 0) is 60.7 Å². The monoisotopic (exact) mass is 525 g/mol. The van der Waals surface area contributed by atoms with Crippen LogP contribution in [-0.4, -0.2) is 41.1 Å². The summed E-state index contributed by atoms with van der Waals surface area (Å²) in [6, 6.07) is 15.4. The Morgan fingerprint density at radius 1 is 1.05 bits per heavy atom. The molecule has 2 unspecified atom stereocenters. The van der Waals surface area contributed by atoms with Crippen LogP contribution in [-0.2, 0) is 10.2 Å². The number of hydrogen-bond donors (Lipinski definition) is 3. The van der Waals surface area contributed by atoms with Gasteiger partial charge in [-0.25, -0.2) is 18.0 Å². The number of benzene rings is 3. The molecule has 0 aliphatic carbocycles. The van der Waals surface area contributed by atoms with Crippen molar-refractivity contribution in [3.05, 3.63) is 95.3 Å². The summed E-state index contributed by atoms with van der Waals surface area (Å²) in [4.78, 5) is 26.3. The van der Waals surface area contributed by atoms with E-state index in [1.54, 1.807) is 29.2 Å². The molecule has 4 N–H and O–H groups in total. The van der Waals surface area contributed by atoms with E-state index in [0.717, 1.165) is 17.2 Å². The number of urea groups is 1. The first-order valence-corrected chi connectivity index (χ1v) is 12.4. The van der Waals surface area contributed by atoms with Crippen LogP contribution in [0.4, 0.5) is 18.0 Å². The first-order valence-electron chi connectivity index (χ1n) is 12.4. The zero-order valence-corrected chi connectivity index (χ0v) is 21.0. The van der Waals surface area contributed by atoms with Crippen molar-refractivity contribution in [2.75, 3.05) is 13.1 Å². The Kier molecular flexibility index (Phi) is 8.06. The van der Waals surface area contributed by atoms with Crippen LogP contribution in [0.2, 0.25) is 0 Å². The highest BCUT2D eigenvalue weighted by atomic mass is 19.1. The van der Waals surface area contributed by atoms with Crippen molar-refractivity contribution in [2.45, 2.75) is 43.7 Å². The van der Waals surface area contributed by atoms with Crippen molar-refractivity contribution in [1.82, 2.24) is 10.2 Å². The number of nitrogens with one attached hydrogen (secondary N) is 1. The number of primary amides is 1. The molecule has 0 bridgehead atoms. The van der Waals surface area contributed by atoms with Crippen molar-refractivity contribution >= 4 is 11.9 Å². The number of amides is 3. The van der Waals surface area contributed by atoms with Crippen LogP contribution >= 0.6 is 0 Å². The molecule has 1 saturated heterocycles. The lowest BCUT2D eigenvalue weighted by Crippen LogP contribution is -2.49. The minimum absolute atomic E-state index is 0.0619. The molecule has 0 spiro atoms. The molecule has 0 radical (unpaired) electrons. The van der Waals surface area contributed by atoms with Gasteiger partial charge >= 0.3 is 6.03 Å². The lowest BCUT2D eigenvalue weighted by molar-refractivity contribution is -0.139. The Balaban J connectivity index is 1.52. The predicted octanol–water partition coefficient (Wildman–Crippen LogP) is 4.81. The van der Waals surface area contributed by atoms with Crippen LogP contribution in [0.5, 0.6) is 0 Å². The van der Waals surface area contributed by atoms with E-state index in [2.05, 4.69) is 5.32 Å². The third-order valence-corrected chi connectivity index (χ3v) is 7.34. The van der Waals surface area contributed by atoms with Crippen molar-refractivity contribution in [1.29, 1.82) is 0 Å². The summed E-state index contributed by atoms with van der Waals surface area (Å²) in [6.07, 6.45) is -0.162. The number of halogens is 3. The van der Waals surface area contributed by atoms with E-state index in [0.29, 0.717) is 18.5 Å². The van der Waals surface area contributed by atoms with E-state index in [1.807, 2.05) is 19.1 Å². The molecule has 3 amide bonds. The average molecular weight is 526 g/mol. The van der Waals surface area contributed by atoms with E-state index in [1.165, 1.54) is 24.3 Å². The van der Waals surface area contributed by atoms with Crippen LogP contribution in [0.1, 0.15) is 43.4 Å².